The van der Waals surface area contributed by atoms with Crippen LogP contribution in [0.3, 0.4) is 0 Å². The van der Waals surface area contributed by atoms with Crippen molar-refractivity contribution in [3.63, 3.8) is 0 Å². The molecule has 6 heteroatoms. The highest BCUT2D eigenvalue weighted by Gasteiger charge is 2.23. The van der Waals surface area contributed by atoms with Gasteiger partial charge in [-0.15, -0.1) is 0 Å². The average Bonchev–Trinajstić information content (AvgIpc) is 2.38. The fourth-order valence-electron chi connectivity index (χ4n) is 2.44. The number of aliphatic hydroxyl groups is 1. The minimum atomic E-state index is -1.17. The molecule has 1 heterocycles. The van der Waals surface area contributed by atoms with Crippen molar-refractivity contribution in [2.24, 2.45) is 5.92 Å². The van der Waals surface area contributed by atoms with Gasteiger partial charge in [-0.2, -0.15) is 0 Å². The number of halogens is 1. The number of hydrogen-bond donors (Lipinski definition) is 3. The molecule has 0 aliphatic carbocycles. The van der Waals surface area contributed by atoms with Crippen LogP contribution in [-0.4, -0.2) is 35.9 Å². The van der Waals surface area contributed by atoms with E-state index in [4.69, 9.17) is 10.8 Å². The van der Waals surface area contributed by atoms with E-state index in [9.17, 15) is 14.3 Å². The lowest BCUT2D eigenvalue weighted by Gasteiger charge is -2.34. The zero-order valence-corrected chi connectivity index (χ0v) is 10.5. The lowest BCUT2D eigenvalue weighted by atomic mass is 9.98. The van der Waals surface area contributed by atoms with Crippen LogP contribution in [0.25, 0.3) is 0 Å². The Labute approximate surface area is 110 Å². The highest BCUT2D eigenvalue weighted by Crippen LogP contribution is 2.29. The van der Waals surface area contributed by atoms with Crippen molar-refractivity contribution < 1.29 is 19.4 Å². The van der Waals surface area contributed by atoms with Crippen molar-refractivity contribution >= 4 is 17.3 Å². The van der Waals surface area contributed by atoms with E-state index >= 15 is 0 Å². The molecule has 0 spiro atoms. The van der Waals surface area contributed by atoms with Gasteiger partial charge in [-0.05, 0) is 30.9 Å². The smallest absolute Gasteiger partial charge is 0.337 e. The van der Waals surface area contributed by atoms with Gasteiger partial charge < -0.3 is 20.8 Å². The number of aromatic carboxylic acids is 1. The molecule has 1 aromatic rings. The van der Waals surface area contributed by atoms with Crippen molar-refractivity contribution in [1.82, 2.24) is 0 Å². The fourth-order valence-corrected chi connectivity index (χ4v) is 2.44. The number of hydrogen-bond acceptors (Lipinski definition) is 4. The Morgan fingerprint density at radius 3 is 2.89 bits per heavy atom. The van der Waals surface area contributed by atoms with E-state index in [0.29, 0.717) is 13.1 Å². The standard InChI is InChI=1S/C13H17FN2O3/c14-10-5-11(15)9(13(18)19)4-12(10)16-3-1-2-8(6-16)7-17/h4-5,8,17H,1-3,6-7,15H2,(H,18,19). The molecular weight excluding hydrogens is 251 g/mol. The Hall–Kier alpha value is -1.82. The maximum Gasteiger partial charge on any atom is 0.337 e. The Balaban J connectivity index is 2.33. The SMILES string of the molecule is Nc1cc(F)c(N2CCCC(CO)C2)cc1C(=O)O. The normalized spacial score (nSPS) is 19.5. The Morgan fingerprint density at radius 2 is 2.26 bits per heavy atom. The van der Waals surface area contributed by atoms with Gasteiger partial charge in [0.1, 0.15) is 5.82 Å². The first kappa shape index (κ1) is 13.6. The van der Waals surface area contributed by atoms with Gasteiger partial charge in [0.2, 0.25) is 0 Å². The fraction of sp³-hybridized carbons (Fsp3) is 0.462. The number of nitrogens with two attached hydrogens (primary N) is 1. The summed E-state index contributed by atoms with van der Waals surface area (Å²) >= 11 is 0. The first-order valence-electron chi connectivity index (χ1n) is 6.21. The Bertz CT molecular complexity index is 493. The molecule has 2 rings (SSSR count). The number of benzene rings is 1. The average molecular weight is 268 g/mol. The summed E-state index contributed by atoms with van der Waals surface area (Å²) in [6.45, 7) is 1.23. The van der Waals surface area contributed by atoms with Crippen LogP contribution in [0.15, 0.2) is 12.1 Å². The Kier molecular flexibility index (Phi) is 3.90. The molecule has 1 aliphatic heterocycles. The van der Waals surface area contributed by atoms with E-state index in [1.807, 2.05) is 0 Å². The predicted molar refractivity (Wildman–Crippen MR) is 69.8 cm³/mol. The summed E-state index contributed by atoms with van der Waals surface area (Å²) in [6, 6.07) is 2.31. The van der Waals surface area contributed by atoms with Crippen molar-refractivity contribution in [3.8, 4) is 0 Å². The summed E-state index contributed by atoms with van der Waals surface area (Å²) in [6.07, 6.45) is 1.74. The van der Waals surface area contributed by atoms with E-state index in [0.717, 1.165) is 18.9 Å². The summed E-state index contributed by atoms with van der Waals surface area (Å²) in [5.74, 6) is -1.60. The van der Waals surface area contributed by atoms with E-state index in [-0.39, 0.29) is 29.5 Å². The lowest BCUT2D eigenvalue weighted by Crippen LogP contribution is -2.37. The van der Waals surface area contributed by atoms with Crippen molar-refractivity contribution in [1.29, 1.82) is 0 Å². The molecule has 104 valence electrons. The third-order valence-electron chi connectivity index (χ3n) is 3.47. The molecule has 1 aromatic carbocycles. The molecule has 4 N–H and O–H groups in total. The molecule has 1 fully saturated rings. The molecule has 1 atom stereocenters. The van der Waals surface area contributed by atoms with Gasteiger partial charge >= 0.3 is 5.97 Å². The summed E-state index contributed by atoms with van der Waals surface area (Å²) in [5.41, 5.74) is 5.56. The van der Waals surface area contributed by atoms with Crippen molar-refractivity contribution in [2.75, 3.05) is 30.3 Å². The lowest BCUT2D eigenvalue weighted by molar-refractivity contribution is 0.0698. The summed E-state index contributed by atoms with van der Waals surface area (Å²) in [7, 11) is 0. The van der Waals surface area contributed by atoms with Gasteiger partial charge in [-0.1, -0.05) is 0 Å². The zero-order valence-electron chi connectivity index (χ0n) is 10.5. The molecule has 0 radical (unpaired) electrons. The van der Waals surface area contributed by atoms with Crippen LogP contribution in [0.4, 0.5) is 15.8 Å². The van der Waals surface area contributed by atoms with E-state index < -0.39 is 11.8 Å². The summed E-state index contributed by atoms with van der Waals surface area (Å²) in [4.78, 5) is 12.8. The second-order valence-electron chi connectivity index (χ2n) is 4.83. The third kappa shape index (κ3) is 2.78. The first-order chi connectivity index (χ1) is 9.02. The maximum absolute atomic E-state index is 13.9. The molecular formula is C13H17FN2O3. The molecule has 0 bridgehead atoms. The summed E-state index contributed by atoms with van der Waals surface area (Å²) in [5, 5.41) is 18.2. The van der Waals surface area contributed by atoms with Crippen LogP contribution in [0.1, 0.15) is 23.2 Å². The quantitative estimate of drug-likeness (QED) is 0.720. The van der Waals surface area contributed by atoms with E-state index in [1.54, 1.807) is 4.90 Å². The number of piperidine rings is 1. The van der Waals surface area contributed by atoms with Crippen LogP contribution in [0, 0.1) is 11.7 Å². The van der Waals surface area contributed by atoms with E-state index in [1.165, 1.54) is 6.07 Å². The first-order valence-corrected chi connectivity index (χ1v) is 6.21. The number of aliphatic hydroxyl groups excluding tert-OH is 1. The molecule has 0 saturated carbocycles. The van der Waals surface area contributed by atoms with Crippen molar-refractivity contribution in [3.05, 3.63) is 23.5 Å². The number of carboxylic acids is 1. The summed E-state index contributed by atoms with van der Waals surface area (Å²) < 4.78 is 13.9. The highest BCUT2D eigenvalue weighted by atomic mass is 19.1. The maximum atomic E-state index is 13.9. The second kappa shape index (κ2) is 5.44. The zero-order chi connectivity index (χ0) is 14.0. The van der Waals surface area contributed by atoms with Gasteiger partial charge in [0.25, 0.3) is 0 Å². The highest BCUT2D eigenvalue weighted by molar-refractivity contribution is 5.95. The Morgan fingerprint density at radius 1 is 1.53 bits per heavy atom. The van der Waals surface area contributed by atoms with Gasteiger partial charge in [0, 0.05) is 25.4 Å². The molecule has 1 aliphatic rings. The number of anilines is 2. The minimum absolute atomic E-state index is 0.0544. The molecule has 1 saturated heterocycles. The molecule has 5 nitrogen and oxygen atoms in total. The molecule has 0 amide bonds. The van der Waals surface area contributed by atoms with Crippen LogP contribution in [0.5, 0.6) is 0 Å². The van der Waals surface area contributed by atoms with Crippen LogP contribution < -0.4 is 10.6 Å². The van der Waals surface area contributed by atoms with Crippen LogP contribution >= 0.6 is 0 Å². The second-order valence-corrected chi connectivity index (χ2v) is 4.83. The number of nitrogen functional groups attached to an aromatic ring is 1. The topological polar surface area (TPSA) is 86.8 Å². The minimum Gasteiger partial charge on any atom is -0.478 e. The van der Waals surface area contributed by atoms with Gasteiger partial charge in [-0.3, -0.25) is 0 Å². The number of rotatable bonds is 3. The van der Waals surface area contributed by atoms with Gasteiger partial charge in [0.05, 0.1) is 11.3 Å². The third-order valence-corrected chi connectivity index (χ3v) is 3.47. The molecule has 0 aromatic heterocycles. The predicted octanol–water partition coefficient (Wildman–Crippen LogP) is 1.31. The van der Waals surface area contributed by atoms with Crippen LogP contribution in [-0.2, 0) is 0 Å². The van der Waals surface area contributed by atoms with E-state index in [2.05, 4.69) is 0 Å². The van der Waals surface area contributed by atoms with Crippen LogP contribution in [0.2, 0.25) is 0 Å². The van der Waals surface area contributed by atoms with Crippen molar-refractivity contribution in [2.45, 2.75) is 12.8 Å². The largest absolute Gasteiger partial charge is 0.478 e. The number of nitrogens with zero attached hydrogens (tertiary/aromatic N) is 1. The molecule has 19 heavy (non-hydrogen) atoms. The molecule has 1 unspecified atom stereocenters. The number of carboxylic acid groups (broad SMARTS) is 1. The number of carbonyl (C=O) groups is 1. The van der Waals surface area contributed by atoms with Gasteiger partial charge in [-0.25, -0.2) is 9.18 Å². The van der Waals surface area contributed by atoms with Gasteiger partial charge in [0.15, 0.2) is 0 Å². The monoisotopic (exact) mass is 268 g/mol.